The Kier molecular flexibility index (Phi) is 4.73. The molecule has 3 unspecified atom stereocenters. The first-order chi connectivity index (χ1) is 12.2. The minimum Gasteiger partial charge on any atom is -0.348 e. The van der Waals surface area contributed by atoms with Crippen LogP contribution in [0.15, 0.2) is 42.5 Å². The second-order valence-corrected chi connectivity index (χ2v) is 7.64. The molecule has 4 N–H and O–H groups in total. The van der Waals surface area contributed by atoms with Crippen molar-refractivity contribution in [2.24, 2.45) is 11.7 Å². The Morgan fingerprint density at radius 1 is 1.12 bits per heavy atom. The summed E-state index contributed by atoms with van der Waals surface area (Å²) in [6.07, 6.45) is 5.43. The van der Waals surface area contributed by atoms with Crippen molar-refractivity contribution in [2.75, 3.05) is 6.54 Å². The number of fused-ring (bicyclic) bond motifs is 3. The fourth-order valence-electron chi connectivity index (χ4n) is 4.56. The minimum atomic E-state index is -0.115. The molecule has 0 aromatic heterocycles. The van der Waals surface area contributed by atoms with Crippen LogP contribution in [-0.4, -0.2) is 24.5 Å². The predicted octanol–water partition coefficient (Wildman–Crippen LogP) is 2.88. The molecule has 2 fully saturated rings. The average Bonchev–Trinajstić information content (AvgIpc) is 2.97. The number of amides is 1. The van der Waals surface area contributed by atoms with E-state index in [9.17, 15) is 4.79 Å². The Bertz CT molecular complexity index is 748. The quantitative estimate of drug-likeness (QED) is 0.786. The first-order valence-corrected chi connectivity index (χ1v) is 9.45. The molecular weight excluding hydrogens is 310 g/mol. The average molecular weight is 337 g/mol. The van der Waals surface area contributed by atoms with Crippen molar-refractivity contribution >= 4 is 16.7 Å². The molecule has 2 saturated heterocycles. The zero-order valence-electron chi connectivity index (χ0n) is 14.6. The Morgan fingerprint density at radius 2 is 1.84 bits per heavy atom. The highest BCUT2D eigenvalue weighted by atomic mass is 16.1. The van der Waals surface area contributed by atoms with E-state index in [0.717, 1.165) is 18.4 Å². The van der Waals surface area contributed by atoms with Crippen molar-refractivity contribution in [1.29, 1.82) is 0 Å². The maximum Gasteiger partial charge on any atom is 0.220 e. The van der Waals surface area contributed by atoms with Crippen molar-refractivity contribution < 1.29 is 4.79 Å². The molecule has 2 aliphatic heterocycles. The maximum absolute atomic E-state index is 12.6. The fraction of sp³-hybridized carbons (Fsp3) is 0.476. The number of nitrogens with two attached hydrogens (primary N) is 1. The van der Waals surface area contributed by atoms with Crippen LogP contribution in [0.25, 0.3) is 10.8 Å². The lowest BCUT2D eigenvalue weighted by Gasteiger charge is -2.29. The van der Waals surface area contributed by atoms with E-state index in [2.05, 4.69) is 41.0 Å². The van der Waals surface area contributed by atoms with Gasteiger partial charge in [0.05, 0.1) is 6.04 Å². The summed E-state index contributed by atoms with van der Waals surface area (Å²) in [5.74, 6) is 0.642. The van der Waals surface area contributed by atoms with E-state index in [1.807, 2.05) is 12.1 Å². The molecule has 2 bridgehead atoms. The summed E-state index contributed by atoms with van der Waals surface area (Å²) in [6.45, 7) is 0.418. The molecule has 2 heterocycles. The third kappa shape index (κ3) is 3.70. The standard InChI is InChI=1S/C21H27N3O/c22-13-20(17-6-5-15-3-1-2-4-16(15)12-17)24-21(25)11-14-9-18-7-8-19(10-14)23-18/h1-6,12,14,18-20,23H,7-11,13,22H2,(H,24,25). The SMILES string of the molecule is NCC(NC(=O)CC1CC2CCC(C1)N2)c1ccc2ccccc2c1. The van der Waals surface area contributed by atoms with E-state index < -0.39 is 0 Å². The lowest BCUT2D eigenvalue weighted by Crippen LogP contribution is -2.40. The zero-order valence-corrected chi connectivity index (χ0v) is 14.6. The third-order valence-corrected chi connectivity index (χ3v) is 5.79. The Labute approximate surface area is 149 Å². The molecule has 25 heavy (non-hydrogen) atoms. The molecule has 132 valence electrons. The topological polar surface area (TPSA) is 67.1 Å². The van der Waals surface area contributed by atoms with Crippen LogP contribution in [0.1, 0.15) is 43.7 Å². The first-order valence-electron chi connectivity index (χ1n) is 9.45. The van der Waals surface area contributed by atoms with Gasteiger partial charge in [0.15, 0.2) is 0 Å². The second-order valence-electron chi connectivity index (χ2n) is 7.64. The molecule has 0 saturated carbocycles. The largest absolute Gasteiger partial charge is 0.348 e. The highest BCUT2D eigenvalue weighted by molar-refractivity contribution is 5.83. The van der Waals surface area contributed by atoms with Crippen LogP contribution in [0.4, 0.5) is 0 Å². The van der Waals surface area contributed by atoms with Crippen molar-refractivity contribution in [3.05, 3.63) is 48.0 Å². The number of benzene rings is 2. The molecule has 4 rings (SSSR count). The van der Waals surface area contributed by atoms with Gasteiger partial charge in [-0.25, -0.2) is 0 Å². The van der Waals surface area contributed by atoms with E-state index in [4.69, 9.17) is 5.73 Å². The van der Waals surface area contributed by atoms with Gasteiger partial charge in [0, 0.05) is 25.0 Å². The summed E-state index contributed by atoms with van der Waals surface area (Å²) >= 11 is 0. The van der Waals surface area contributed by atoms with Gasteiger partial charge in [0.1, 0.15) is 0 Å². The van der Waals surface area contributed by atoms with E-state index in [1.54, 1.807) is 0 Å². The number of piperidine rings is 1. The minimum absolute atomic E-state index is 0.115. The summed E-state index contributed by atoms with van der Waals surface area (Å²) < 4.78 is 0. The molecule has 2 aliphatic rings. The van der Waals surface area contributed by atoms with Crippen LogP contribution >= 0.6 is 0 Å². The van der Waals surface area contributed by atoms with E-state index in [1.165, 1.54) is 23.6 Å². The van der Waals surface area contributed by atoms with E-state index >= 15 is 0 Å². The lowest BCUT2D eigenvalue weighted by atomic mass is 9.89. The number of rotatable bonds is 5. The number of carbonyl (C=O) groups is 1. The second kappa shape index (κ2) is 7.14. The Balaban J connectivity index is 1.41. The maximum atomic E-state index is 12.6. The van der Waals surface area contributed by atoms with Gasteiger partial charge in [-0.15, -0.1) is 0 Å². The van der Waals surface area contributed by atoms with Gasteiger partial charge in [-0.2, -0.15) is 0 Å². The van der Waals surface area contributed by atoms with Crippen LogP contribution in [0.5, 0.6) is 0 Å². The lowest BCUT2D eigenvalue weighted by molar-refractivity contribution is -0.123. The molecule has 4 heteroatoms. The molecule has 0 spiro atoms. The third-order valence-electron chi connectivity index (χ3n) is 5.79. The number of hydrogen-bond donors (Lipinski definition) is 3. The molecule has 2 aromatic carbocycles. The molecule has 2 aromatic rings. The van der Waals surface area contributed by atoms with Crippen molar-refractivity contribution in [3.63, 3.8) is 0 Å². The summed E-state index contributed by atoms with van der Waals surface area (Å²) in [4.78, 5) is 12.6. The number of hydrogen-bond acceptors (Lipinski definition) is 3. The summed E-state index contributed by atoms with van der Waals surface area (Å²) in [6, 6.07) is 15.7. The molecular formula is C21H27N3O. The van der Waals surface area contributed by atoms with Crippen molar-refractivity contribution in [3.8, 4) is 0 Å². The van der Waals surface area contributed by atoms with Crippen LogP contribution in [-0.2, 0) is 4.79 Å². The normalized spacial score (nSPS) is 26.5. The van der Waals surface area contributed by atoms with Crippen molar-refractivity contribution in [2.45, 2.75) is 50.2 Å². The Hall–Kier alpha value is -1.91. The highest BCUT2D eigenvalue weighted by Gasteiger charge is 2.34. The number of carbonyl (C=O) groups excluding carboxylic acids is 1. The molecule has 0 radical (unpaired) electrons. The number of nitrogens with one attached hydrogen (secondary N) is 2. The van der Waals surface area contributed by atoms with Crippen LogP contribution in [0, 0.1) is 5.92 Å². The molecule has 4 nitrogen and oxygen atoms in total. The zero-order chi connectivity index (χ0) is 17.2. The van der Waals surface area contributed by atoms with Gasteiger partial charge >= 0.3 is 0 Å². The Morgan fingerprint density at radius 3 is 2.56 bits per heavy atom. The molecule has 0 aliphatic carbocycles. The summed E-state index contributed by atoms with van der Waals surface area (Å²) in [5.41, 5.74) is 7.04. The van der Waals surface area contributed by atoms with Crippen LogP contribution in [0.2, 0.25) is 0 Å². The van der Waals surface area contributed by atoms with Gasteiger partial charge in [-0.3, -0.25) is 4.79 Å². The van der Waals surface area contributed by atoms with E-state index in [0.29, 0.717) is 31.0 Å². The monoisotopic (exact) mass is 337 g/mol. The summed E-state index contributed by atoms with van der Waals surface area (Å²) in [7, 11) is 0. The highest BCUT2D eigenvalue weighted by Crippen LogP contribution is 2.32. The predicted molar refractivity (Wildman–Crippen MR) is 101 cm³/mol. The summed E-state index contributed by atoms with van der Waals surface area (Å²) in [5, 5.41) is 9.19. The van der Waals surface area contributed by atoms with E-state index in [-0.39, 0.29) is 11.9 Å². The van der Waals surface area contributed by atoms with Gasteiger partial charge in [0.2, 0.25) is 5.91 Å². The van der Waals surface area contributed by atoms with Gasteiger partial charge in [-0.05, 0) is 54.0 Å². The van der Waals surface area contributed by atoms with Gasteiger partial charge in [-0.1, -0.05) is 36.4 Å². The smallest absolute Gasteiger partial charge is 0.220 e. The van der Waals surface area contributed by atoms with Crippen LogP contribution < -0.4 is 16.4 Å². The van der Waals surface area contributed by atoms with Crippen LogP contribution in [0.3, 0.4) is 0 Å². The molecule has 3 atom stereocenters. The fourth-order valence-corrected chi connectivity index (χ4v) is 4.56. The van der Waals surface area contributed by atoms with Gasteiger partial charge < -0.3 is 16.4 Å². The first kappa shape index (κ1) is 16.6. The van der Waals surface area contributed by atoms with Gasteiger partial charge in [0.25, 0.3) is 0 Å². The molecule has 1 amide bonds. The van der Waals surface area contributed by atoms with Crippen molar-refractivity contribution in [1.82, 2.24) is 10.6 Å².